The standard InChI is InChI=1S/C23H21ClN6O2S2/c1-3-11-30-20(14(2)25-21(32)15-7-6-8-16(24)12-15)28-29-23(30)33-13-19(31)27-22-26-17-9-4-5-10-18(17)34-22/h3-10,12,14H,1,11,13H2,2H3,(H,25,32)(H,26,27,31)/t14-/m1/s1. The fraction of sp³-hybridized carbons (Fsp3) is 0.174. The zero-order valence-electron chi connectivity index (χ0n) is 18.2. The minimum Gasteiger partial charge on any atom is -0.342 e. The molecule has 0 spiro atoms. The van der Waals surface area contributed by atoms with Crippen molar-refractivity contribution in [1.29, 1.82) is 0 Å². The van der Waals surface area contributed by atoms with E-state index in [-0.39, 0.29) is 17.6 Å². The molecule has 0 aliphatic carbocycles. The molecule has 2 amide bonds. The van der Waals surface area contributed by atoms with E-state index in [1.165, 1.54) is 23.1 Å². The number of carbonyl (C=O) groups excluding carboxylic acids is 2. The van der Waals surface area contributed by atoms with Crippen LogP contribution in [-0.4, -0.2) is 37.3 Å². The number of carbonyl (C=O) groups is 2. The average Bonchev–Trinajstić information content (AvgIpc) is 3.41. The largest absolute Gasteiger partial charge is 0.342 e. The Hall–Kier alpha value is -3.21. The van der Waals surface area contributed by atoms with E-state index in [0.29, 0.717) is 33.2 Å². The molecule has 2 aromatic carbocycles. The topological polar surface area (TPSA) is 102 Å². The second-order valence-corrected chi connectivity index (χ2v) is 9.68. The molecule has 0 radical (unpaired) electrons. The van der Waals surface area contributed by atoms with Crippen LogP contribution in [0.25, 0.3) is 10.2 Å². The van der Waals surface area contributed by atoms with Gasteiger partial charge in [-0.15, -0.1) is 16.8 Å². The van der Waals surface area contributed by atoms with E-state index >= 15 is 0 Å². The molecule has 174 valence electrons. The molecule has 0 bridgehead atoms. The number of halogens is 1. The summed E-state index contributed by atoms with van der Waals surface area (Å²) in [5, 5.41) is 15.8. The van der Waals surface area contributed by atoms with Gasteiger partial charge < -0.3 is 15.2 Å². The van der Waals surface area contributed by atoms with Crippen LogP contribution in [0.1, 0.15) is 29.1 Å². The van der Waals surface area contributed by atoms with E-state index in [4.69, 9.17) is 11.6 Å². The molecule has 0 saturated heterocycles. The van der Waals surface area contributed by atoms with Crippen molar-refractivity contribution in [3.05, 3.63) is 77.6 Å². The van der Waals surface area contributed by atoms with Crippen LogP contribution in [0.4, 0.5) is 5.13 Å². The first kappa shape index (κ1) is 23.9. The second-order valence-electron chi connectivity index (χ2n) is 7.27. The third kappa shape index (κ3) is 5.64. The summed E-state index contributed by atoms with van der Waals surface area (Å²) in [6, 6.07) is 14.0. The maximum absolute atomic E-state index is 12.6. The van der Waals surface area contributed by atoms with Crippen molar-refractivity contribution in [1.82, 2.24) is 25.1 Å². The number of thiazole rings is 1. The summed E-state index contributed by atoms with van der Waals surface area (Å²) < 4.78 is 2.83. The Morgan fingerprint density at radius 1 is 1.24 bits per heavy atom. The third-order valence-corrected chi connectivity index (χ3v) is 6.91. The smallest absolute Gasteiger partial charge is 0.251 e. The van der Waals surface area contributed by atoms with E-state index in [2.05, 4.69) is 32.4 Å². The van der Waals surface area contributed by atoms with Crippen molar-refractivity contribution >= 4 is 61.9 Å². The fourth-order valence-electron chi connectivity index (χ4n) is 3.21. The van der Waals surface area contributed by atoms with Gasteiger partial charge in [0.05, 0.1) is 22.0 Å². The SMILES string of the molecule is C=CCn1c(SCC(=O)Nc2nc3ccccc3s2)nnc1[C@@H](C)NC(=O)c1cccc(Cl)c1. The number of fused-ring (bicyclic) bond motifs is 1. The summed E-state index contributed by atoms with van der Waals surface area (Å²) in [5.41, 5.74) is 1.30. The van der Waals surface area contributed by atoms with Crippen LogP contribution in [0.5, 0.6) is 0 Å². The average molecular weight is 513 g/mol. The van der Waals surface area contributed by atoms with Crippen LogP contribution >= 0.6 is 34.7 Å². The molecule has 11 heteroatoms. The van der Waals surface area contributed by atoms with E-state index in [0.717, 1.165) is 10.2 Å². The molecule has 4 aromatic rings. The Bertz CT molecular complexity index is 1320. The molecule has 0 saturated carbocycles. The van der Waals surface area contributed by atoms with E-state index in [1.807, 2.05) is 35.8 Å². The highest BCUT2D eigenvalue weighted by Gasteiger charge is 2.21. The number of allylic oxidation sites excluding steroid dienone is 1. The molecule has 4 rings (SSSR count). The number of para-hydroxylation sites is 1. The summed E-state index contributed by atoms with van der Waals surface area (Å²) in [5.74, 6) is 0.229. The highest BCUT2D eigenvalue weighted by molar-refractivity contribution is 7.99. The molecule has 2 N–H and O–H groups in total. The van der Waals surface area contributed by atoms with Crippen molar-refractivity contribution in [3.8, 4) is 0 Å². The van der Waals surface area contributed by atoms with Gasteiger partial charge >= 0.3 is 0 Å². The Morgan fingerprint density at radius 2 is 2.06 bits per heavy atom. The van der Waals surface area contributed by atoms with Gasteiger partial charge in [-0.1, -0.05) is 59.0 Å². The zero-order chi connectivity index (χ0) is 24.1. The van der Waals surface area contributed by atoms with Gasteiger partial charge in [-0.3, -0.25) is 9.59 Å². The molecule has 0 aliphatic heterocycles. The summed E-state index contributed by atoms with van der Waals surface area (Å²) >= 11 is 8.66. The maximum Gasteiger partial charge on any atom is 0.251 e. The van der Waals surface area contributed by atoms with Crippen LogP contribution in [0, 0.1) is 0 Å². The van der Waals surface area contributed by atoms with E-state index in [9.17, 15) is 9.59 Å². The van der Waals surface area contributed by atoms with Crippen LogP contribution < -0.4 is 10.6 Å². The first-order valence-electron chi connectivity index (χ1n) is 10.3. The molecule has 0 aliphatic rings. The molecule has 0 fully saturated rings. The highest BCUT2D eigenvalue weighted by Crippen LogP contribution is 2.26. The molecule has 2 aromatic heterocycles. The normalized spacial score (nSPS) is 11.8. The molecular formula is C23H21ClN6O2S2. The Labute approximate surface area is 209 Å². The molecule has 0 unspecified atom stereocenters. The number of hydrogen-bond donors (Lipinski definition) is 2. The van der Waals surface area contributed by atoms with Gasteiger partial charge in [-0.05, 0) is 37.3 Å². The summed E-state index contributed by atoms with van der Waals surface area (Å²) in [6.07, 6.45) is 1.71. The predicted molar refractivity (Wildman–Crippen MR) is 137 cm³/mol. The van der Waals surface area contributed by atoms with Gasteiger partial charge in [0.2, 0.25) is 5.91 Å². The Morgan fingerprint density at radius 3 is 2.82 bits per heavy atom. The lowest BCUT2D eigenvalue weighted by molar-refractivity contribution is -0.113. The van der Waals surface area contributed by atoms with Crippen molar-refractivity contribution in [3.63, 3.8) is 0 Å². The summed E-state index contributed by atoms with van der Waals surface area (Å²) in [6.45, 7) is 6.05. The number of nitrogens with one attached hydrogen (secondary N) is 2. The minimum atomic E-state index is -0.426. The number of amides is 2. The van der Waals surface area contributed by atoms with Crippen LogP contribution in [-0.2, 0) is 11.3 Å². The number of aromatic nitrogens is 4. The fourth-order valence-corrected chi connectivity index (χ4v) is 5.04. The Kier molecular flexibility index (Phi) is 7.61. The summed E-state index contributed by atoms with van der Waals surface area (Å²) in [7, 11) is 0. The lowest BCUT2D eigenvalue weighted by atomic mass is 10.2. The highest BCUT2D eigenvalue weighted by atomic mass is 35.5. The van der Waals surface area contributed by atoms with Crippen LogP contribution in [0.15, 0.2) is 66.3 Å². The quantitative estimate of drug-likeness (QED) is 0.243. The molecule has 1 atom stereocenters. The molecule has 8 nitrogen and oxygen atoms in total. The first-order valence-corrected chi connectivity index (χ1v) is 12.5. The summed E-state index contributed by atoms with van der Waals surface area (Å²) in [4.78, 5) is 29.5. The Balaban J connectivity index is 1.41. The molecule has 2 heterocycles. The van der Waals surface area contributed by atoms with E-state index in [1.54, 1.807) is 30.3 Å². The second kappa shape index (κ2) is 10.8. The zero-order valence-corrected chi connectivity index (χ0v) is 20.6. The van der Waals surface area contributed by atoms with Crippen molar-refractivity contribution in [2.24, 2.45) is 0 Å². The third-order valence-electron chi connectivity index (χ3n) is 4.75. The van der Waals surface area contributed by atoms with Crippen LogP contribution in [0.2, 0.25) is 5.02 Å². The minimum absolute atomic E-state index is 0.133. The van der Waals surface area contributed by atoms with Gasteiger partial charge in [-0.25, -0.2) is 4.98 Å². The van der Waals surface area contributed by atoms with Crippen LogP contribution in [0.3, 0.4) is 0 Å². The number of benzene rings is 2. The van der Waals surface area contributed by atoms with Crippen molar-refractivity contribution in [2.75, 3.05) is 11.1 Å². The predicted octanol–water partition coefficient (Wildman–Crippen LogP) is 4.95. The maximum atomic E-state index is 12.6. The van der Waals surface area contributed by atoms with Gasteiger partial charge in [0.1, 0.15) is 0 Å². The van der Waals surface area contributed by atoms with Crippen molar-refractivity contribution in [2.45, 2.75) is 24.7 Å². The van der Waals surface area contributed by atoms with Gasteiger partial charge in [0.25, 0.3) is 5.91 Å². The van der Waals surface area contributed by atoms with Gasteiger partial charge in [0, 0.05) is 17.1 Å². The number of rotatable bonds is 9. The first-order chi connectivity index (χ1) is 16.4. The van der Waals surface area contributed by atoms with E-state index < -0.39 is 6.04 Å². The lowest BCUT2D eigenvalue weighted by Gasteiger charge is -2.15. The molecular weight excluding hydrogens is 492 g/mol. The van der Waals surface area contributed by atoms with Gasteiger partial charge in [-0.2, -0.15) is 0 Å². The van der Waals surface area contributed by atoms with Gasteiger partial charge in [0.15, 0.2) is 16.1 Å². The monoisotopic (exact) mass is 512 g/mol. The van der Waals surface area contributed by atoms with Crippen molar-refractivity contribution < 1.29 is 9.59 Å². The number of nitrogens with zero attached hydrogens (tertiary/aromatic N) is 4. The number of thioether (sulfide) groups is 1. The number of hydrogen-bond acceptors (Lipinski definition) is 7. The lowest BCUT2D eigenvalue weighted by Crippen LogP contribution is -2.28. The molecule has 34 heavy (non-hydrogen) atoms. The number of anilines is 1.